The molecule has 0 fully saturated rings. The van der Waals surface area contributed by atoms with E-state index in [-0.39, 0.29) is 10.9 Å². The van der Waals surface area contributed by atoms with Crippen LogP contribution < -0.4 is 11.1 Å². The van der Waals surface area contributed by atoms with Crippen molar-refractivity contribution in [3.63, 3.8) is 0 Å². The van der Waals surface area contributed by atoms with Crippen LogP contribution in [0.3, 0.4) is 0 Å². The molecule has 1 heterocycles. The van der Waals surface area contributed by atoms with Gasteiger partial charge in [0, 0.05) is 6.54 Å². The fraction of sp³-hybridized carbons (Fsp3) is 0.500. The number of aromatic nitrogens is 1. The van der Waals surface area contributed by atoms with E-state index in [2.05, 4.69) is 10.3 Å². The number of primary amides is 1. The third kappa shape index (κ3) is 4.49. The van der Waals surface area contributed by atoms with Crippen LogP contribution in [0.25, 0.3) is 0 Å². The van der Waals surface area contributed by atoms with Crippen LogP contribution in [0, 0.1) is 0 Å². The molecule has 0 saturated carbocycles. The van der Waals surface area contributed by atoms with Crippen LogP contribution in [-0.4, -0.2) is 48.9 Å². The number of amides is 2. The van der Waals surface area contributed by atoms with Gasteiger partial charge >= 0.3 is 0 Å². The second-order valence-electron chi connectivity index (χ2n) is 3.81. The molecule has 6 nitrogen and oxygen atoms in total. The van der Waals surface area contributed by atoms with E-state index in [0.29, 0.717) is 11.4 Å². The Kier molecular flexibility index (Phi) is 5.05. The van der Waals surface area contributed by atoms with Gasteiger partial charge in [0.1, 0.15) is 4.88 Å². The quantitative estimate of drug-likeness (QED) is 0.697. The highest BCUT2D eigenvalue weighted by molar-refractivity contribution is 7.15. The summed E-state index contributed by atoms with van der Waals surface area (Å²) < 4.78 is 0. The minimum Gasteiger partial charge on any atom is -0.364 e. The summed E-state index contributed by atoms with van der Waals surface area (Å²) in [6.45, 7) is 1.51. The summed E-state index contributed by atoms with van der Waals surface area (Å²) in [7, 11) is 3.95. The molecule has 2 amide bonds. The van der Waals surface area contributed by atoms with Crippen LogP contribution in [0.1, 0.15) is 25.9 Å². The van der Waals surface area contributed by atoms with Gasteiger partial charge in [-0.1, -0.05) is 0 Å². The number of rotatable bonds is 6. The lowest BCUT2D eigenvalue weighted by atomic mass is 10.4. The molecule has 0 aliphatic carbocycles. The molecular weight excluding hydrogens is 240 g/mol. The zero-order chi connectivity index (χ0) is 12.8. The maximum Gasteiger partial charge on any atom is 0.277 e. The SMILES string of the molecule is CN(C)CCCNC(=O)c1cnc(C(N)=O)s1. The van der Waals surface area contributed by atoms with Crippen LogP contribution in [-0.2, 0) is 0 Å². The van der Waals surface area contributed by atoms with Gasteiger partial charge in [0.25, 0.3) is 11.8 Å². The maximum absolute atomic E-state index is 11.6. The summed E-state index contributed by atoms with van der Waals surface area (Å²) in [5.41, 5.74) is 5.05. The van der Waals surface area contributed by atoms with Crippen molar-refractivity contribution in [2.24, 2.45) is 5.73 Å². The molecular formula is C10H16N4O2S. The Balaban J connectivity index is 2.39. The number of nitrogens with two attached hydrogens (primary N) is 1. The molecule has 17 heavy (non-hydrogen) atoms. The van der Waals surface area contributed by atoms with E-state index in [1.165, 1.54) is 6.20 Å². The van der Waals surface area contributed by atoms with Crippen LogP contribution in [0.5, 0.6) is 0 Å². The highest BCUT2D eigenvalue weighted by atomic mass is 32.1. The number of hydrogen-bond donors (Lipinski definition) is 2. The summed E-state index contributed by atoms with van der Waals surface area (Å²) in [5.74, 6) is -0.824. The van der Waals surface area contributed by atoms with Gasteiger partial charge < -0.3 is 16.0 Å². The maximum atomic E-state index is 11.6. The Labute approximate surface area is 104 Å². The van der Waals surface area contributed by atoms with E-state index in [1.807, 2.05) is 19.0 Å². The minimum atomic E-state index is -0.610. The normalized spacial score (nSPS) is 10.5. The van der Waals surface area contributed by atoms with Crippen LogP contribution in [0.15, 0.2) is 6.20 Å². The molecule has 0 saturated heterocycles. The number of nitrogens with zero attached hydrogens (tertiary/aromatic N) is 2. The molecule has 0 unspecified atom stereocenters. The fourth-order valence-electron chi connectivity index (χ4n) is 1.18. The monoisotopic (exact) mass is 256 g/mol. The standard InChI is InChI=1S/C10H16N4O2S/c1-14(2)5-3-4-12-9(16)7-6-13-10(17-7)8(11)15/h6H,3-5H2,1-2H3,(H2,11,15)(H,12,16). The highest BCUT2D eigenvalue weighted by Gasteiger charge is 2.12. The molecule has 0 spiro atoms. The first kappa shape index (κ1) is 13.6. The third-order valence-corrected chi connectivity index (χ3v) is 3.02. The summed E-state index contributed by atoms with van der Waals surface area (Å²) in [6.07, 6.45) is 2.24. The Hall–Kier alpha value is -1.47. The lowest BCUT2D eigenvalue weighted by molar-refractivity contribution is 0.0955. The minimum absolute atomic E-state index is 0.156. The zero-order valence-corrected chi connectivity index (χ0v) is 10.7. The number of carbonyl (C=O) groups is 2. The average molecular weight is 256 g/mol. The zero-order valence-electron chi connectivity index (χ0n) is 9.90. The Morgan fingerprint density at radius 3 is 2.76 bits per heavy atom. The van der Waals surface area contributed by atoms with Gasteiger partial charge in [-0.05, 0) is 27.1 Å². The van der Waals surface area contributed by atoms with Gasteiger partial charge in [-0.15, -0.1) is 11.3 Å². The number of nitrogens with one attached hydrogen (secondary N) is 1. The van der Waals surface area contributed by atoms with Crippen molar-refractivity contribution in [2.75, 3.05) is 27.2 Å². The largest absolute Gasteiger partial charge is 0.364 e. The summed E-state index contributed by atoms with van der Waals surface area (Å²) >= 11 is 1.01. The van der Waals surface area contributed by atoms with Crippen LogP contribution in [0.2, 0.25) is 0 Å². The Morgan fingerprint density at radius 2 is 2.24 bits per heavy atom. The van der Waals surface area contributed by atoms with E-state index in [0.717, 1.165) is 24.3 Å². The van der Waals surface area contributed by atoms with Gasteiger partial charge in [-0.2, -0.15) is 0 Å². The van der Waals surface area contributed by atoms with Crippen LogP contribution >= 0.6 is 11.3 Å². The second kappa shape index (κ2) is 6.31. The fourth-order valence-corrected chi connectivity index (χ4v) is 1.86. The molecule has 0 aromatic carbocycles. The van der Waals surface area contributed by atoms with Crippen molar-refractivity contribution in [1.82, 2.24) is 15.2 Å². The molecule has 0 aliphatic heterocycles. The lowest BCUT2D eigenvalue weighted by Crippen LogP contribution is -2.26. The first-order valence-electron chi connectivity index (χ1n) is 5.19. The lowest BCUT2D eigenvalue weighted by Gasteiger charge is -2.09. The molecule has 94 valence electrons. The van der Waals surface area contributed by atoms with Crippen molar-refractivity contribution < 1.29 is 9.59 Å². The molecule has 3 N–H and O–H groups in total. The molecule has 1 aromatic heterocycles. The topological polar surface area (TPSA) is 88.3 Å². The van der Waals surface area contributed by atoms with Gasteiger partial charge in [0.2, 0.25) is 0 Å². The molecule has 7 heteroatoms. The summed E-state index contributed by atoms with van der Waals surface area (Å²) in [6, 6.07) is 0. The molecule has 1 rings (SSSR count). The summed E-state index contributed by atoms with van der Waals surface area (Å²) in [4.78, 5) is 28.6. The van der Waals surface area contributed by atoms with Crippen LogP contribution in [0.4, 0.5) is 0 Å². The smallest absolute Gasteiger partial charge is 0.277 e. The summed E-state index contributed by atoms with van der Waals surface area (Å²) in [5, 5.41) is 2.92. The van der Waals surface area contributed by atoms with E-state index < -0.39 is 5.91 Å². The average Bonchev–Trinajstić information content (AvgIpc) is 2.73. The number of hydrogen-bond acceptors (Lipinski definition) is 5. The third-order valence-electron chi connectivity index (χ3n) is 2.01. The number of carbonyl (C=O) groups excluding carboxylic acids is 2. The second-order valence-corrected chi connectivity index (χ2v) is 4.84. The van der Waals surface area contributed by atoms with Crippen molar-refractivity contribution >= 4 is 23.2 Å². The molecule has 0 radical (unpaired) electrons. The van der Waals surface area contributed by atoms with Crippen molar-refractivity contribution in [3.05, 3.63) is 16.1 Å². The first-order chi connectivity index (χ1) is 8.00. The van der Waals surface area contributed by atoms with Crippen molar-refractivity contribution in [1.29, 1.82) is 0 Å². The highest BCUT2D eigenvalue weighted by Crippen LogP contribution is 2.11. The molecule has 0 aliphatic rings. The molecule has 0 bridgehead atoms. The van der Waals surface area contributed by atoms with E-state index in [1.54, 1.807) is 0 Å². The van der Waals surface area contributed by atoms with Crippen molar-refractivity contribution in [2.45, 2.75) is 6.42 Å². The predicted molar refractivity (Wildman–Crippen MR) is 66.1 cm³/mol. The predicted octanol–water partition coefficient (Wildman–Crippen LogP) is -0.0765. The Bertz CT molecular complexity index is 403. The molecule has 1 aromatic rings. The van der Waals surface area contributed by atoms with E-state index >= 15 is 0 Å². The Morgan fingerprint density at radius 1 is 1.53 bits per heavy atom. The van der Waals surface area contributed by atoms with E-state index in [4.69, 9.17) is 5.73 Å². The van der Waals surface area contributed by atoms with Gasteiger partial charge in [-0.25, -0.2) is 4.98 Å². The first-order valence-corrected chi connectivity index (χ1v) is 6.01. The van der Waals surface area contributed by atoms with Gasteiger partial charge in [0.15, 0.2) is 5.01 Å². The van der Waals surface area contributed by atoms with Gasteiger partial charge in [-0.3, -0.25) is 9.59 Å². The van der Waals surface area contributed by atoms with E-state index in [9.17, 15) is 9.59 Å². The molecule has 0 atom stereocenters. The number of thiazole rings is 1. The van der Waals surface area contributed by atoms with Gasteiger partial charge in [0.05, 0.1) is 6.20 Å². The van der Waals surface area contributed by atoms with Crippen molar-refractivity contribution in [3.8, 4) is 0 Å².